The summed E-state index contributed by atoms with van der Waals surface area (Å²) in [6.45, 7) is 1.80. The maximum absolute atomic E-state index is 12.1. The van der Waals surface area contributed by atoms with Gasteiger partial charge in [0.2, 0.25) is 0 Å². The van der Waals surface area contributed by atoms with Crippen LogP contribution < -0.4 is 15.5 Å². The summed E-state index contributed by atoms with van der Waals surface area (Å²) >= 11 is 6.20. The first-order chi connectivity index (χ1) is 11.2. The van der Waals surface area contributed by atoms with E-state index in [1.807, 2.05) is 6.07 Å². The molecule has 1 aromatic rings. The van der Waals surface area contributed by atoms with Crippen molar-refractivity contribution in [1.29, 1.82) is 0 Å². The van der Waals surface area contributed by atoms with Crippen molar-refractivity contribution in [2.45, 2.75) is 57.0 Å². The lowest BCUT2D eigenvalue weighted by atomic mass is 9.96. The Labute approximate surface area is 142 Å². The number of aromatic nitrogens is 1. The summed E-state index contributed by atoms with van der Waals surface area (Å²) in [4.78, 5) is 18.4. The fourth-order valence-corrected chi connectivity index (χ4v) is 3.79. The second kappa shape index (κ2) is 7.86. The average molecular weight is 337 g/mol. The lowest BCUT2D eigenvalue weighted by Crippen LogP contribution is -2.50. The number of pyridine rings is 1. The zero-order valence-electron chi connectivity index (χ0n) is 13.4. The predicted molar refractivity (Wildman–Crippen MR) is 93.0 cm³/mol. The molecule has 0 unspecified atom stereocenters. The lowest BCUT2D eigenvalue weighted by molar-refractivity contribution is 0.226. The normalized spacial score (nSPS) is 20.3. The van der Waals surface area contributed by atoms with Gasteiger partial charge in [-0.3, -0.25) is 4.98 Å². The molecule has 23 heavy (non-hydrogen) atoms. The molecule has 2 heterocycles. The molecule has 5 nitrogen and oxygen atoms in total. The van der Waals surface area contributed by atoms with Gasteiger partial charge in [0, 0.05) is 37.6 Å². The molecule has 2 aliphatic rings. The molecule has 1 aromatic heterocycles. The summed E-state index contributed by atoms with van der Waals surface area (Å²) in [7, 11) is 0. The van der Waals surface area contributed by atoms with Crippen molar-refractivity contribution in [2.75, 3.05) is 18.0 Å². The highest BCUT2D eigenvalue weighted by Crippen LogP contribution is 2.27. The molecule has 0 radical (unpaired) electrons. The average Bonchev–Trinajstić information content (AvgIpc) is 2.57. The number of nitrogens with one attached hydrogen (secondary N) is 2. The number of urea groups is 1. The van der Waals surface area contributed by atoms with Gasteiger partial charge in [-0.25, -0.2) is 4.79 Å². The fourth-order valence-electron chi connectivity index (χ4n) is 3.55. The largest absolute Gasteiger partial charge is 0.370 e. The molecule has 1 aliphatic carbocycles. The molecule has 1 saturated carbocycles. The van der Waals surface area contributed by atoms with Gasteiger partial charge in [-0.05, 0) is 31.7 Å². The van der Waals surface area contributed by atoms with Crippen LogP contribution in [0, 0.1) is 0 Å². The topological polar surface area (TPSA) is 57.3 Å². The van der Waals surface area contributed by atoms with Gasteiger partial charge in [0.15, 0.2) is 0 Å². The standard InChI is InChI=1S/C17H25ClN4O/c18-15-12-19-9-6-16(15)22-10-7-14(8-11-22)21-17(23)20-13-4-2-1-3-5-13/h6,9,12-14H,1-5,7-8,10-11H2,(H2,20,21,23). The van der Waals surface area contributed by atoms with Gasteiger partial charge in [-0.15, -0.1) is 0 Å². The molecular weight excluding hydrogens is 312 g/mol. The summed E-state index contributed by atoms with van der Waals surface area (Å²) in [5.41, 5.74) is 1.03. The quantitative estimate of drug-likeness (QED) is 0.890. The number of rotatable bonds is 3. The van der Waals surface area contributed by atoms with E-state index in [1.165, 1.54) is 19.3 Å². The monoisotopic (exact) mass is 336 g/mol. The third-order valence-electron chi connectivity index (χ3n) is 4.86. The summed E-state index contributed by atoms with van der Waals surface area (Å²) in [6.07, 6.45) is 11.3. The van der Waals surface area contributed by atoms with E-state index in [2.05, 4.69) is 20.5 Å². The van der Waals surface area contributed by atoms with Crippen molar-refractivity contribution >= 4 is 23.3 Å². The van der Waals surface area contributed by atoms with Crippen molar-refractivity contribution in [3.63, 3.8) is 0 Å². The van der Waals surface area contributed by atoms with Gasteiger partial charge < -0.3 is 15.5 Å². The van der Waals surface area contributed by atoms with E-state index in [-0.39, 0.29) is 12.1 Å². The number of amides is 2. The third kappa shape index (κ3) is 4.50. The Hall–Kier alpha value is -1.49. The number of hydrogen-bond donors (Lipinski definition) is 2. The van der Waals surface area contributed by atoms with Gasteiger partial charge in [0.1, 0.15) is 0 Å². The van der Waals surface area contributed by atoms with Crippen molar-refractivity contribution in [3.05, 3.63) is 23.5 Å². The molecule has 0 atom stereocenters. The fraction of sp³-hybridized carbons (Fsp3) is 0.647. The van der Waals surface area contributed by atoms with Crippen LogP contribution in [-0.4, -0.2) is 36.2 Å². The van der Waals surface area contributed by atoms with Crippen molar-refractivity contribution in [2.24, 2.45) is 0 Å². The van der Waals surface area contributed by atoms with E-state index in [0.29, 0.717) is 11.1 Å². The molecular formula is C17H25ClN4O. The second-order valence-electron chi connectivity index (χ2n) is 6.54. The van der Waals surface area contributed by atoms with Crippen LogP contribution in [0.3, 0.4) is 0 Å². The molecule has 126 valence electrons. The van der Waals surface area contributed by atoms with Crippen LogP contribution in [0.4, 0.5) is 10.5 Å². The van der Waals surface area contributed by atoms with Crippen molar-refractivity contribution < 1.29 is 4.79 Å². The van der Waals surface area contributed by atoms with Crippen LogP contribution >= 0.6 is 11.6 Å². The van der Waals surface area contributed by atoms with Crippen LogP contribution in [0.1, 0.15) is 44.9 Å². The number of hydrogen-bond acceptors (Lipinski definition) is 3. The summed E-state index contributed by atoms with van der Waals surface area (Å²) < 4.78 is 0. The minimum atomic E-state index is -0.00251. The Morgan fingerprint density at radius 2 is 1.74 bits per heavy atom. The summed E-state index contributed by atoms with van der Waals surface area (Å²) in [5.74, 6) is 0. The predicted octanol–water partition coefficient (Wildman–Crippen LogP) is 3.34. The highest BCUT2D eigenvalue weighted by Gasteiger charge is 2.23. The van der Waals surface area contributed by atoms with E-state index < -0.39 is 0 Å². The molecule has 2 amide bonds. The molecule has 1 saturated heterocycles. The highest BCUT2D eigenvalue weighted by molar-refractivity contribution is 6.33. The number of nitrogens with zero attached hydrogens (tertiary/aromatic N) is 2. The molecule has 1 aliphatic heterocycles. The Morgan fingerprint density at radius 1 is 1.09 bits per heavy atom. The third-order valence-corrected chi connectivity index (χ3v) is 5.15. The number of piperidine rings is 1. The van der Waals surface area contributed by atoms with E-state index in [1.54, 1.807) is 12.4 Å². The first kappa shape index (κ1) is 16.4. The Morgan fingerprint density at radius 3 is 2.39 bits per heavy atom. The number of carbonyl (C=O) groups excluding carboxylic acids is 1. The van der Waals surface area contributed by atoms with Gasteiger partial charge in [0.25, 0.3) is 0 Å². The molecule has 2 fully saturated rings. The molecule has 0 aromatic carbocycles. The van der Waals surface area contributed by atoms with Crippen LogP contribution in [-0.2, 0) is 0 Å². The van der Waals surface area contributed by atoms with Crippen molar-refractivity contribution in [3.8, 4) is 0 Å². The zero-order valence-corrected chi connectivity index (χ0v) is 14.2. The van der Waals surface area contributed by atoms with Gasteiger partial charge in [-0.1, -0.05) is 30.9 Å². The van der Waals surface area contributed by atoms with E-state index in [9.17, 15) is 4.79 Å². The minimum Gasteiger partial charge on any atom is -0.370 e. The minimum absolute atomic E-state index is 0.00251. The van der Waals surface area contributed by atoms with Crippen LogP contribution in [0.2, 0.25) is 5.02 Å². The van der Waals surface area contributed by atoms with E-state index in [0.717, 1.165) is 44.5 Å². The Balaban J connectivity index is 1.44. The number of carbonyl (C=O) groups is 1. The van der Waals surface area contributed by atoms with Crippen LogP contribution in [0.5, 0.6) is 0 Å². The van der Waals surface area contributed by atoms with E-state index in [4.69, 9.17) is 11.6 Å². The number of halogens is 1. The highest BCUT2D eigenvalue weighted by atomic mass is 35.5. The van der Waals surface area contributed by atoms with E-state index >= 15 is 0 Å². The number of anilines is 1. The first-order valence-corrected chi connectivity index (χ1v) is 9.01. The Kier molecular flexibility index (Phi) is 5.60. The van der Waals surface area contributed by atoms with Gasteiger partial charge in [-0.2, -0.15) is 0 Å². The van der Waals surface area contributed by atoms with Crippen LogP contribution in [0.25, 0.3) is 0 Å². The maximum Gasteiger partial charge on any atom is 0.315 e. The van der Waals surface area contributed by atoms with Gasteiger partial charge in [0.05, 0.1) is 10.7 Å². The van der Waals surface area contributed by atoms with Crippen molar-refractivity contribution in [1.82, 2.24) is 15.6 Å². The Bertz CT molecular complexity index is 525. The second-order valence-corrected chi connectivity index (χ2v) is 6.95. The maximum atomic E-state index is 12.1. The summed E-state index contributed by atoms with van der Waals surface area (Å²) in [6, 6.07) is 2.55. The molecule has 0 bridgehead atoms. The molecule has 3 rings (SSSR count). The lowest BCUT2D eigenvalue weighted by Gasteiger charge is -2.34. The van der Waals surface area contributed by atoms with Crippen LogP contribution in [0.15, 0.2) is 18.5 Å². The summed E-state index contributed by atoms with van der Waals surface area (Å²) in [5, 5.41) is 6.94. The molecule has 0 spiro atoms. The zero-order chi connectivity index (χ0) is 16.1. The first-order valence-electron chi connectivity index (χ1n) is 8.64. The molecule has 6 heteroatoms. The SMILES string of the molecule is O=C(NC1CCCCC1)NC1CCN(c2ccncc2Cl)CC1. The molecule has 2 N–H and O–H groups in total. The van der Waals surface area contributed by atoms with Gasteiger partial charge >= 0.3 is 6.03 Å². The smallest absolute Gasteiger partial charge is 0.315 e.